The summed E-state index contributed by atoms with van der Waals surface area (Å²) in [6, 6.07) is 8.29. The van der Waals surface area contributed by atoms with Crippen LogP contribution in [0.5, 0.6) is 0 Å². The molecule has 21 heavy (non-hydrogen) atoms. The molecule has 0 radical (unpaired) electrons. The number of hydrogen-bond acceptors (Lipinski definition) is 1. The van der Waals surface area contributed by atoms with E-state index in [9.17, 15) is 9.18 Å². The zero-order valence-electron chi connectivity index (χ0n) is 12.7. The molecule has 0 saturated carbocycles. The lowest BCUT2D eigenvalue weighted by Gasteiger charge is -2.06. The second kappa shape index (κ2) is 6.57. The fourth-order valence-electron chi connectivity index (χ4n) is 2.42. The largest absolute Gasteiger partial charge is 0.355 e. The molecule has 0 aliphatic heterocycles. The van der Waals surface area contributed by atoms with Crippen LogP contribution >= 0.6 is 0 Å². The van der Waals surface area contributed by atoms with Crippen molar-refractivity contribution in [3.8, 4) is 0 Å². The van der Waals surface area contributed by atoms with Gasteiger partial charge in [0.1, 0.15) is 5.82 Å². The van der Waals surface area contributed by atoms with Crippen LogP contribution in [0.3, 0.4) is 0 Å². The summed E-state index contributed by atoms with van der Waals surface area (Å²) in [7, 11) is 2.04. The summed E-state index contributed by atoms with van der Waals surface area (Å²) in [6.45, 7) is 4.74. The van der Waals surface area contributed by atoms with Crippen molar-refractivity contribution in [3.05, 3.63) is 58.7 Å². The normalized spacial score (nSPS) is 10.7. The van der Waals surface area contributed by atoms with E-state index in [1.807, 2.05) is 7.05 Å². The molecule has 0 fully saturated rings. The first-order valence-corrected chi connectivity index (χ1v) is 7.10. The number of carbonyl (C=O) groups excluding carboxylic acids is 1. The first kappa shape index (κ1) is 15.3. The van der Waals surface area contributed by atoms with Crippen LogP contribution in [0.25, 0.3) is 0 Å². The minimum Gasteiger partial charge on any atom is -0.355 e. The van der Waals surface area contributed by atoms with E-state index in [0.717, 1.165) is 6.42 Å². The number of halogens is 1. The fraction of sp³-hybridized carbons (Fsp3) is 0.353. The zero-order chi connectivity index (χ0) is 15.4. The summed E-state index contributed by atoms with van der Waals surface area (Å²) in [4.78, 5) is 11.8. The molecule has 1 heterocycles. The van der Waals surface area contributed by atoms with Gasteiger partial charge in [-0.25, -0.2) is 4.39 Å². The van der Waals surface area contributed by atoms with Crippen molar-refractivity contribution in [2.75, 3.05) is 6.54 Å². The number of rotatable bonds is 5. The fourth-order valence-corrected chi connectivity index (χ4v) is 2.42. The van der Waals surface area contributed by atoms with Crippen molar-refractivity contribution in [3.63, 3.8) is 0 Å². The molecule has 0 aliphatic rings. The van der Waals surface area contributed by atoms with Crippen LogP contribution in [-0.2, 0) is 24.7 Å². The molecule has 2 rings (SSSR count). The lowest BCUT2D eigenvalue weighted by molar-refractivity contribution is -0.120. The highest BCUT2D eigenvalue weighted by molar-refractivity contribution is 5.78. The summed E-state index contributed by atoms with van der Waals surface area (Å²) in [6.07, 6.45) is 1.02. The quantitative estimate of drug-likeness (QED) is 0.902. The topological polar surface area (TPSA) is 34.0 Å². The Morgan fingerprint density at radius 2 is 2.05 bits per heavy atom. The number of benzene rings is 1. The van der Waals surface area contributed by atoms with E-state index in [1.54, 1.807) is 12.1 Å². The maximum atomic E-state index is 13.0. The van der Waals surface area contributed by atoms with E-state index in [2.05, 4.69) is 29.8 Å². The third-order valence-corrected chi connectivity index (χ3v) is 3.85. The molecule has 0 unspecified atom stereocenters. The van der Waals surface area contributed by atoms with Crippen LogP contribution in [0, 0.1) is 19.7 Å². The summed E-state index contributed by atoms with van der Waals surface area (Å²) >= 11 is 0. The maximum Gasteiger partial charge on any atom is 0.224 e. The molecule has 0 bridgehead atoms. The van der Waals surface area contributed by atoms with Crippen LogP contribution in [0.2, 0.25) is 0 Å². The molecule has 0 saturated heterocycles. The average molecular weight is 288 g/mol. The van der Waals surface area contributed by atoms with Crippen LogP contribution in [-0.4, -0.2) is 17.0 Å². The van der Waals surface area contributed by atoms with Crippen LogP contribution < -0.4 is 5.32 Å². The second-order valence-electron chi connectivity index (χ2n) is 5.36. The van der Waals surface area contributed by atoms with E-state index in [0.29, 0.717) is 12.1 Å². The predicted octanol–water partition coefficient (Wildman–Crippen LogP) is 2.68. The molecule has 2 aromatic rings. The van der Waals surface area contributed by atoms with Gasteiger partial charge in [-0.3, -0.25) is 4.79 Å². The van der Waals surface area contributed by atoms with Gasteiger partial charge in [-0.2, -0.15) is 0 Å². The average Bonchev–Trinajstić information content (AvgIpc) is 2.66. The molecule has 1 aromatic heterocycles. The lowest BCUT2D eigenvalue weighted by Crippen LogP contribution is -2.27. The number of hydrogen-bond donors (Lipinski definition) is 1. The molecule has 1 N–H and O–H groups in total. The van der Waals surface area contributed by atoms with E-state index < -0.39 is 0 Å². The molecule has 1 aromatic carbocycles. The van der Waals surface area contributed by atoms with E-state index in [-0.39, 0.29) is 18.1 Å². The highest BCUT2D eigenvalue weighted by atomic mass is 19.1. The van der Waals surface area contributed by atoms with Crippen LogP contribution in [0.15, 0.2) is 30.3 Å². The number of nitrogens with one attached hydrogen (secondary N) is 1. The van der Waals surface area contributed by atoms with Crippen molar-refractivity contribution in [1.29, 1.82) is 0 Å². The Morgan fingerprint density at radius 3 is 2.67 bits per heavy atom. The summed E-state index contributed by atoms with van der Waals surface area (Å²) < 4.78 is 15.2. The Labute approximate surface area is 124 Å². The van der Waals surface area contributed by atoms with Gasteiger partial charge < -0.3 is 9.88 Å². The van der Waals surface area contributed by atoms with E-state index >= 15 is 0 Å². The van der Waals surface area contributed by atoms with Crippen LogP contribution in [0.4, 0.5) is 4.39 Å². The van der Waals surface area contributed by atoms with Gasteiger partial charge in [0.25, 0.3) is 0 Å². The predicted molar refractivity (Wildman–Crippen MR) is 81.7 cm³/mol. The Kier molecular flexibility index (Phi) is 4.78. The maximum absolute atomic E-state index is 13.0. The molecule has 0 aliphatic carbocycles. The SMILES string of the molecule is Cc1cc(CCNC(=O)Cc2cccc(F)c2)c(C)n1C. The van der Waals surface area contributed by atoms with Crippen molar-refractivity contribution in [2.24, 2.45) is 7.05 Å². The third kappa shape index (κ3) is 3.94. The van der Waals surface area contributed by atoms with E-state index in [1.165, 1.54) is 29.1 Å². The third-order valence-electron chi connectivity index (χ3n) is 3.85. The van der Waals surface area contributed by atoms with Crippen molar-refractivity contribution < 1.29 is 9.18 Å². The van der Waals surface area contributed by atoms with Crippen LogP contribution in [0.1, 0.15) is 22.5 Å². The van der Waals surface area contributed by atoms with Gasteiger partial charge in [-0.15, -0.1) is 0 Å². The van der Waals surface area contributed by atoms with Crippen molar-refractivity contribution in [2.45, 2.75) is 26.7 Å². The molecule has 0 atom stereocenters. The van der Waals surface area contributed by atoms with Crippen molar-refractivity contribution in [1.82, 2.24) is 9.88 Å². The van der Waals surface area contributed by atoms with Gasteiger partial charge in [0.2, 0.25) is 5.91 Å². The first-order valence-electron chi connectivity index (χ1n) is 7.10. The Morgan fingerprint density at radius 1 is 1.29 bits per heavy atom. The minimum absolute atomic E-state index is 0.0779. The number of amides is 1. The lowest BCUT2D eigenvalue weighted by atomic mass is 10.1. The van der Waals surface area contributed by atoms with Gasteiger partial charge in [0.15, 0.2) is 0 Å². The minimum atomic E-state index is -0.310. The van der Waals surface area contributed by atoms with Gasteiger partial charge in [0.05, 0.1) is 6.42 Å². The second-order valence-corrected chi connectivity index (χ2v) is 5.36. The zero-order valence-corrected chi connectivity index (χ0v) is 12.7. The molecule has 4 heteroatoms. The number of carbonyl (C=O) groups is 1. The highest BCUT2D eigenvalue weighted by Crippen LogP contribution is 2.13. The van der Waals surface area contributed by atoms with Gasteiger partial charge in [-0.05, 0) is 49.6 Å². The van der Waals surface area contributed by atoms with Crippen molar-refractivity contribution >= 4 is 5.91 Å². The molecule has 1 amide bonds. The molecular formula is C17H21FN2O. The molecule has 112 valence electrons. The Balaban J connectivity index is 1.83. The van der Waals surface area contributed by atoms with Gasteiger partial charge in [-0.1, -0.05) is 12.1 Å². The van der Waals surface area contributed by atoms with E-state index in [4.69, 9.17) is 0 Å². The summed E-state index contributed by atoms with van der Waals surface area (Å²) in [5, 5.41) is 2.88. The number of aryl methyl sites for hydroxylation is 1. The summed E-state index contributed by atoms with van der Waals surface area (Å²) in [5.41, 5.74) is 4.39. The Bertz CT molecular complexity index is 646. The number of nitrogens with zero attached hydrogens (tertiary/aromatic N) is 1. The number of aromatic nitrogens is 1. The standard InChI is InChI=1S/C17H21FN2O/c1-12-9-15(13(2)20(12)3)7-8-19-17(21)11-14-5-4-6-16(18)10-14/h4-6,9-10H,7-8,11H2,1-3H3,(H,19,21). The Hall–Kier alpha value is -2.10. The van der Waals surface area contributed by atoms with Gasteiger partial charge >= 0.3 is 0 Å². The molecular weight excluding hydrogens is 267 g/mol. The molecule has 3 nitrogen and oxygen atoms in total. The first-order chi connectivity index (χ1) is 9.97. The van der Waals surface area contributed by atoms with Gasteiger partial charge in [0, 0.05) is 25.0 Å². The summed E-state index contributed by atoms with van der Waals surface area (Å²) in [5.74, 6) is -0.387. The molecule has 0 spiro atoms. The smallest absolute Gasteiger partial charge is 0.224 e. The highest BCUT2D eigenvalue weighted by Gasteiger charge is 2.07. The monoisotopic (exact) mass is 288 g/mol.